The van der Waals surface area contributed by atoms with Crippen LogP contribution in [0, 0.1) is 6.92 Å². The molecule has 0 N–H and O–H groups in total. The van der Waals surface area contributed by atoms with Crippen LogP contribution in [0.2, 0.25) is 0 Å². The Bertz CT molecular complexity index is 669. The van der Waals surface area contributed by atoms with Gasteiger partial charge in [0, 0.05) is 6.54 Å². The molecule has 2 aromatic heterocycles. The van der Waals surface area contributed by atoms with E-state index in [1.54, 1.807) is 0 Å². The first-order valence-corrected chi connectivity index (χ1v) is 5.39. The Morgan fingerprint density at radius 2 is 1.81 bits per heavy atom. The highest BCUT2D eigenvalue weighted by atomic mass is 15.3. The molecule has 0 atom stereocenters. The first-order valence-electron chi connectivity index (χ1n) is 5.39. The van der Waals surface area contributed by atoms with Gasteiger partial charge in [-0.15, -0.1) is 0 Å². The minimum absolute atomic E-state index is 0.817. The summed E-state index contributed by atoms with van der Waals surface area (Å²) in [7, 11) is 0. The molecule has 0 aliphatic carbocycles. The summed E-state index contributed by atoms with van der Waals surface area (Å²) in [5.74, 6) is 0. The molecule has 0 saturated heterocycles. The minimum Gasteiger partial charge on any atom is -0.246 e. The van der Waals surface area contributed by atoms with Crippen LogP contribution in [0.4, 0.5) is 0 Å². The molecule has 3 aromatic rings. The van der Waals surface area contributed by atoms with Crippen LogP contribution < -0.4 is 0 Å². The van der Waals surface area contributed by atoms with Gasteiger partial charge in [-0.1, -0.05) is 12.1 Å². The number of fused-ring (bicyclic) bond motifs is 2. The summed E-state index contributed by atoms with van der Waals surface area (Å²) in [5, 5.41) is 4.42. The molecule has 0 fully saturated rings. The number of rotatable bonds is 1. The molecule has 0 bridgehead atoms. The van der Waals surface area contributed by atoms with Gasteiger partial charge < -0.3 is 0 Å². The highest BCUT2D eigenvalue weighted by molar-refractivity contribution is 5.85. The Kier molecular flexibility index (Phi) is 1.89. The molecule has 2 heterocycles. The van der Waals surface area contributed by atoms with Crippen LogP contribution in [0.15, 0.2) is 24.3 Å². The van der Waals surface area contributed by atoms with E-state index in [1.807, 2.05) is 35.9 Å². The van der Waals surface area contributed by atoms with E-state index in [4.69, 9.17) is 0 Å². The van der Waals surface area contributed by atoms with Gasteiger partial charge in [0.25, 0.3) is 0 Å². The second-order valence-electron chi connectivity index (χ2n) is 3.79. The van der Waals surface area contributed by atoms with Gasteiger partial charge in [-0.25, -0.2) is 14.6 Å². The topological polar surface area (TPSA) is 43.6 Å². The molecule has 3 rings (SSSR count). The maximum atomic E-state index is 4.61. The number of hydrogen-bond acceptors (Lipinski definition) is 3. The maximum Gasteiger partial charge on any atom is 0.177 e. The van der Waals surface area contributed by atoms with Crippen LogP contribution in [0.25, 0.3) is 22.2 Å². The molecular weight excluding hydrogens is 200 g/mol. The smallest absolute Gasteiger partial charge is 0.177 e. The van der Waals surface area contributed by atoms with Crippen molar-refractivity contribution in [3.05, 3.63) is 30.0 Å². The van der Waals surface area contributed by atoms with Gasteiger partial charge in [0.15, 0.2) is 5.65 Å². The number of aryl methyl sites for hydroxylation is 2. The maximum absolute atomic E-state index is 4.61. The predicted molar refractivity (Wildman–Crippen MR) is 63.2 cm³/mol. The van der Waals surface area contributed by atoms with Crippen LogP contribution in [-0.2, 0) is 6.54 Å². The summed E-state index contributed by atoms with van der Waals surface area (Å²) in [6.45, 7) is 4.85. The number of benzene rings is 1. The van der Waals surface area contributed by atoms with Crippen molar-refractivity contribution in [3.63, 3.8) is 0 Å². The van der Waals surface area contributed by atoms with E-state index < -0.39 is 0 Å². The van der Waals surface area contributed by atoms with E-state index in [2.05, 4.69) is 22.0 Å². The molecule has 16 heavy (non-hydrogen) atoms. The van der Waals surface area contributed by atoms with E-state index in [-0.39, 0.29) is 0 Å². The molecule has 0 radical (unpaired) electrons. The van der Waals surface area contributed by atoms with Crippen molar-refractivity contribution in [2.45, 2.75) is 20.4 Å². The lowest BCUT2D eigenvalue weighted by Gasteiger charge is -1.99. The first kappa shape index (κ1) is 9.27. The Hall–Kier alpha value is -1.97. The lowest BCUT2D eigenvalue weighted by atomic mass is 10.3. The van der Waals surface area contributed by atoms with E-state index in [0.717, 1.165) is 34.4 Å². The first-order chi connectivity index (χ1) is 7.79. The third-order valence-electron chi connectivity index (χ3n) is 2.71. The van der Waals surface area contributed by atoms with Crippen LogP contribution in [0.3, 0.4) is 0 Å². The Balaban J connectivity index is 2.48. The molecule has 0 aliphatic heterocycles. The third-order valence-corrected chi connectivity index (χ3v) is 2.71. The largest absolute Gasteiger partial charge is 0.246 e. The van der Waals surface area contributed by atoms with Gasteiger partial charge in [-0.05, 0) is 26.0 Å². The van der Waals surface area contributed by atoms with Gasteiger partial charge in [-0.3, -0.25) is 0 Å². The highest BCUT2D eigenvalue weighted by Crippen LogP contribution is 2.18. The van der Waals surface area contributed by atoms with Crippen molar-refractivity contribution >= 4 is 22.2 Å². The highest BCUT2D eigenvalue weighted by Gasteiger charge is 2.10. The molecule has 0 amide bonds. The quantitative estimate of drug-likeness (QED) is 0.621. The number of nitrogens with zero attached hydrogens (tertiary/aromatic N) is 4. The van der Waals surface area contributed by atoms with Crippen LogP contribution in [0.5, 0.6) is 0 Å². The van der Waals surface area contributed by atoms with Crippen molar-refractivity contribution in [1.29, 1.82) is 0 Å². The predicted octanol–water partition coefficient (Wildman–Crippen LogP) is 2.31. The Morgan fingerprint density at radius 1 is 1.12 bits per heavy atom. The van der Waals surface area contributed by atoms with E-state index in [0.29, 0.717) is 0 Å². The molecule has 0 spiro atoms. The zero-order valence-corrected chi connectivity index (χ0v) is 9.31. The molecule has 4 heteroatoms. The van der Waals surface area contributed by atoms with Crippen molar-refractivity contribution in [2.75, 3.05) is 0 Å². The summed E-state index contributed by atoms with van der Waals surface area (Å²) in [6.07, 6.45) is 0. The second-order valence-corrected chi connectivity index (χ2v) is 3.79. The van der Waals surface area contributed by atoms with Gasteiger partial charge in [0.2, 0.25) is 0 Å². The molecule has 1 aromatic carbocycles. The number of hydrogen-bond donors (Lipinski definition) is 0. The summed E-state index contributed by atoms with van der Waals surface area (Å²) in [6, 6.07) is 7.90. The van der Waals surface area contributed by atoms with E-state index in [1.165, 1.54) is 0 Å². The molecule has 4 nitrogen and oxygen atoms in total. The van der Waals surface area contributed by atoms with Gasteiger partial charge >= 0.3 is 0 Å². The fourth-order valence-electron chi connectivity index (χ4n) is 1.91. The number of aromatic nitrogens is 4. The van der Waals surface area contributed by atoms with Crippen molar-refractivity contribution in [3.8, 4) is 0 Å². The lowest BCUT2D eigenvalue weighted by Crippen LogP contribution is -1.98. The molecule has 80 valence electrons. The van der Waals surface area contributed by atoms with Crippen LogP contribution in [0.1, 0.15) is 12.6 Å². The van der Waals surface area contributed by atoms with Gasteiger partial charge in [0.1, 0.15) is 5.52 Å². The van der Waals surface area contributed by atoms with E-state index >= 15 is 0 Å². The summed E-state index contributed by atoms with van der Waals surface area (Å²) < 4.78 is 1.89. The Morgan fingerprint density at radius 3 is 2.50 bits per heavy atom. The average molecular weight is 212 g/mol. The standard InChI is InChI=1S/C12H12N4/c1-3-16-12-11(8(2)15-16)13-9-6-4-5-7-10(9)14-12/h4-7H,3H2,1-2H3. The molecule has 0 unspecified atom stereocenters. The Labute approximate surface area is 92.9 Å². The SMILES string of the molecule is CCn1nc(C)c2nc3ccccc3nc21. The van der Waals surface area contributed by atoms with Gasteiger partial charge in [0.05, 0.1) is 16.7 Å². The fraction of sp³-hybridized carbons (Fsp3) is 0.250. The molecule has 0 aliphatic rings. The van der Waals surface area contributed by atoms with Crippen LogP contribution in [-0.4, -0.2) is 19.7 Å². The normalized spacial score (nSPS) is 11.4. The van der Waals surface area contributed by atoms with Crippen molar-refractivity contribution < 1.29 is 0 Å². The zero-order chi connectivity index (χ0) is 11.1. The molecule has 0 saturated carbocycles. The fourth-order valence-corrected chi connectivity index (χ4v) is 1.91. The monoisotopic (exact) mass is 212 g/mol. The van der Waals surface area contributed by atoms with Crippen LogP contribution >= 0.6 is 0 Å². The summed E-state index contributed by atoms with van der Waals surface area (Å²) >= 11 is 0. The lowest BCUT2D eigenvalue weighted by molar-refractivity contribution is 0.670. The average Bonchev–Trinajstić information content (AvgIpc) is 2.63. The van der Waals surface area contributed by atoms with Crippen molar-refractivity contribution in [2.24, 2.45) is 0 Å². The summed E-state index contributed by atoms with van der Waals surface area (Å²) in [5.41, 5.74) is 4.56. The van der Waals surface area contributed by atoms with E-state index in [9.17, 15) is 0 Å². The zero-order valence-electron chi connectivity index (χ0n) is 9.31. The summed E-state index contributed by atoms with van der Waals surface area (Å²) in [4.78, 5) is 9.21. The third kappa shape index (κ3) is 1.19. The molecular formula is C12H12N4. The number of para-hydroxylation sites is 2. The minimum atomic E-state index is 0.817. The van der Waals surface area contributed by atoms with Crippen molar-refractivity contribution in [1.82, 2.24) is 19.7 Å². The second kappa shape index (κ2) is 3.27. The van der Waals surface area contributed by atoms with Gasteiger partial charge in [-0.2, -0.15) is 5.10 Å².